The number of halogens is 2. The Bertz CT molecular complexity index is 337. The number of unbranched alkanes of at least 4 members (excludes halogenated alkanes) is 1. The van der Waals surface area contributed by atoms with Gasteiger partial charge in [0.2, 0.25) is 0 Å². The van der Waals surface area contributed by atoms with E-state index in [1.807, 2.05) is 6.92 Å². The Morgan fingerprint density at radius 1 is 1.27 bits per heavy atom. The standard InChI is InChI=1S/C12H16F2O/c1-3-4-5-12(15)9-7-10(13)8(2)6-11(9)14/h6-7,12,15H,3-5H2,1-2H3. The van der Waals surface area contributed by atoms with E-state index in [1.165, 1.54) is 6.92 Å². The van der Waals surface area contributed by atoms with Gasteiger partial charge in [0.05, 0.1) is 6.10 Å². The van der Waals surface area contributed by atoms with Crippen molar-refractivity contribution in [2.75, 3.05) is 0 Å². The Morgan fingerprint density at radius 2 is 1.93 bits per heavy atom. The van der Waals surface area contributed by atoms with Crippen LogP contribution in [0, 0.1) is 18.6 Å². The average Bonchev–Trinajstić information content (AvgIpc) is 2.20. The first kappa shape index (κ1) is 12.1. The summed E-state index contributed by atoms with van der Waals surface area (Å²) in [5.74, 6) is -1.00. The second-order valence-corrected chi connectivity index (χ2v) is 3.78. The van der Waals surface area contributed by atoms with Crippen LogP contribution in [0.25, 0.3) is 0 Å². The molecule has 0 saturated carbocycles. The fourth-order valence-corrected chi connectivity index (χ4v) is 1.47. The Balaban J connectivity index is 2.88. The zero-order valence-electron chi connectivity index (χ0n) is 9.06. The molecule has 1 unspecified atom stereocenters. The molecule has 1 nitrogen and oxygen atoms in total. The fraction of sp³-hybridized carbons (Fsp3) is 0.500. The Morgan fingerprint density at radius 3 is 2.53 bits per heavy atom. The number of aryl methyl sites for hydroxylation is 1. The molecular weight excluding hydrogens is 198 g/mol. The molecule has 0 aliphatic carbocycles. The molecule has 0 heterocycles. The van der Waals surface area contributed by atoms with Crippen molar-refractivity contribution in [2.45, 2.75) is 39.2 Å². The zero-order chi connectivity index (χ0) is 11.4. The van der Waals surface area contributed by atoms with Crippen LogP contribution in [-0.4, -0.2) is 5.11 Å². The van der Waals surface area contributed by atoms with Crippen molar-refractivity contribution in [1.82, 2.24) is 0 Å². The highest BCUT2D eigenvalue weighted by Crippen LogP contribution is 2.24. The molecule has 0 amide bonds. The zero-order valence-corrected chi connectivity index (χ0v) is 9.06. The summed E-state index contributed by atoms with van der Waals surface area (Å²) in [6.07, 6.45) is 1.29. The van der Waals surface area contributed by atoms with Crippen LogP contribution in [0.15, 0.2) is 12.1 Å². The maximum atomic E-state index is 13.4. The van der Waals surface area contributed by atoms with Crippen molar-refractivity contribution in [3.05, 3.63) is 34.9 Å². The summed E-state index contributed by atoms with van der Waals surface area (Å²) >= 11 is 0. The molecule has 1 atom stereocenters. The number of hydrogen-bond donors (Lipinski definition) is 1. The van der Waals surface area contributed by atoms with Gasteiger partial charge in [0.25, 0.3) is 0 Å². The van der Waals surface area contributed by atoms with E-state index in [0.29, 0.717) is 6.42 Å². The summed E-state index contributed by atoms with van der Waals surface area (Å²) in [6, 6.07) is 2.21. The molecule has 84 valence electrons. The topological polar surface area (TPSA) is 20.2 Å². The quantitative estimate of drug-likeness (QED) is 0.813. The molecule has 0 bridgehead atoms. The van der Waals surface area contributed by atoms with Gasteiger partial charge in [-0.2, -0.15) is 0 Å². The molecule has 0 aliphatic heterocycles. The van der Waals surface area contributed by atoms with E-state index >= 15 is 0 Å². The first-order chi connectivity index (χ1) is 7.06. The summed E-state index contributed by atoms with van der Waals surface area (Å²) in [6.45, 7) is 3.49. The summed E-state index contributed by atoms with van der Waals surface area (Å²) in [5, 5.41) is 9.64. The number of aliphatic hydroxyl groups excluding tert-OH is 1. The second-order valence-electron chi connectivity index (χ2n) is 3.78. The smallest absolute Gasteiger partial charge is 0.129 e. The third kappa shape index (κ3) is 2.99. The minimum atomic E-state index is -0.903. The molecule has 0 aliphatic rings. The summed E-state index contributed by atoms with van der Waals surface area (Å²) in [5.41, 5.74) is 0.325. The highest BCUT2D eigenvalue weighted by atomic mass is 19.1. The third-order valence-electron chi connectivity index (χ3n) is 2.47. The maximum absolute atomic E-state index is 13.4. The molecule has 0 spiro atoms. The van der Waals surface area contributed by atoms with Crippen LogP contribution in [0.1, 0.15) is 43.4 Å². The van der Waals surface area contributed by atoms with E-state index in [4.69, 9.17) is 0 Å². The molecule has 0 saturated heterocycles. The highest BCUT2D eigenvalue weighted by Gasteiger charge is 2.14. The monoisotopic (exact) mass is 214 g/mol. The van der Waals surface area contributed by atoms with Gasteiger partial charge in [-0.25, -0.2) is 8.78 Å². The van der Waals surface area contributed by atoms with E-state index in [9.17, 15) is 13.9 Å². The predicted octanol–water partition coefficient (Wildman–Crippen LogP) is 3.50. The van der Waals surface area contributed by atoms with Gasteiger partial charge < -0.3 is 5.11 Å². The normalized spacial score (nSPS) is 12.9. The minimum Gasteiger partial charge on any atom is -0.388 e. The molecule has 1 N–H and O–H groups in total. The van der Waals surface area contributed by atoms with Crippen LogP contribution < -0.4 is 0 Å². The second kappa shape index (κ2) is 5.21. The number of hydrogen-bond acceptors (Lipinski definition) is 1. The van der Waals surface area contributed by atoms with Crippen molar-refractivity contribution < 1.29 is 13.9 Å². The van der Waals surface area contributed by atoms with Crippen molar-refractivity contribution in [2.24, 2.45) is 0 Å². The Kier molecular flexibility index (Phi) is 4.21. The molecular formula is C12H16F2O. The van der Waals surface area contributed by atoms with Gasteiger partial charge >= 0.3 is 0 Å². The molecule has 15 heavy (non-hydrogen) atoms. The Labute approximate surface area is 88.7 Å². The molecule has 1 aromatic rings. The lowest BCUT2D eigenvalue weighted by Crippen LogP contribution is -2.02. The number of aliphatic hydroxyl groups is 1. The van der Waals surface area contributed by atoms with E-state index in [2.05, 4.69) is 0 Å². The van der Waals surface area contributed by atoms with Crippen molar-refractivity contribution in [1.29, 1.82) is 0 Å². The van der Waals surface area contributed by atoms with Crippen molar-refractivity contribution in [3.8, 4) is 0 Å². The summed E-state index contributed by atoms with van der Waals surface area (Å²) in [4.78, 5) is 0. The van der Waals surface area contributed by atoms with Gasteiger partial charge in [0.15, 0.2) is 0 Å². The lowest BCUT2D eigenvalue weighted by atomic mass is 10.0. The molecule has 0 aromatic heterocycles. The lowest BCUT2D eigenvalue weighted by molar-refractivity contribution is 0.159. The van der Waals surface area contributed by atoms with Crippen molar-refractivity contribution >= 4 is 0 Å². The van der Waals surface area contributed by atoms with E-state index in [-0.39, 0.29) is 11.1 Å². The van der Waals surface area contributed by atoms with Gasteiger partial charge in [-0.3, -0.25) is 0 Å². The molecule has 0 fully saturated rings. The van der Waals surface area contributed by atoms with Crippen LogP contribution in [-0.2, 0) is 0 Å². The van der Waals surface area contributed by atoms with Crippen LogP contribution in [0.5, 0.6) is 0 Å². The van der Waals surface area contributed by atoms with E-state index in [0.717, 1.165) is 25.0 Å². The maximum Gasteiger partial charge on any atom is 0.129 e. The molecule has 1 aromatic carbocycles. The van der Waals surface area contributed by atoms with E-state index in [1.54, 1.807) is 0 Å². The largest absolute Gasteiger partial charge is 0.388 e. The highest BCUT2D eigenvalue weighted by molar-refractivity contribution is 5.26. The van der Waals surface area contributed by atoms with Gasteiger partial charge in [-0.1, -0.05) is 19.8 Å². The SMILES string of the molecule is CCCCC(O)c1cc(F)c(C)cc1F. The fourth-order valence-electron chi connectivity index (χ4n) is 1.47. The lowest BCUT2D eigenvalue weighted by Gasteiger charge is -2.12. The first-order valence-electron chi connectivity index (χ1n) is 5.19. The first-order valence-corrected chi connectivity index (χ1v) is 5.19. The number of rotatable bonds is 4. The van der Waals surface area contributed by atoms with Gasteiger partial charge in [0, 0.05) is 5.56 Å². The van der Waals surface area contributed by atoms with Gasteiger partial charge in [0.1, 0.15) is 11.6 Å². The van der Waals surface area contributed by atoms with Gasteiger partial charge in [-0.15, -0.1) is 0 Å². The summed E-state index contributed by atoms with van der Waals surface area (Å²) < 4.78 is 26.5. The molecule has 3 heteroatoms. The molecule has 0 radical (unpaired) electrons. The van der Waals surface area contributed by atoms with Crippen LogP contribution >= 0.6 is 0 Å². The van der Waals surface area contributed by atoms with Gasteiger partial charge in [-0.05, 0) is 31.0 Å². The van der Waals surface area contributed by atoms with Crippen LogP contribution in [0.2, 0.25) is 0 Å². The molecule has 1 rings (SSSR count). The Hall–Kier alpha value is -0.960. The predicted molar refractivity (Wildman–Crippen MR) is 55.6 cm³/mol. The minimum absolute atomic E-state index is 0.0616. The average molecular weight is 214 g/mol. The van der Waals surface area contributed by atoms with E-state index < -0.39 is 17.7 Å². The number of benzene rings is 1. The third-order valence-corrected chi connectivity index (χ3v) is 2.47. The van der Waals surface area contributed by atoms with Crippen LogP contribution in [0.4, 0.5) is 8.78 Å². The summed E-state index contributed by atoms with van der Waals surface area (Å²) in [7, 11) is 0. The van der Waals surface area contributed by atoms with Crippen LogP contribution in [0.3, 0.4) is 0 Å². The van der Waals surface area contributed by atoms with Crippen molar-refractivity contribution in [3.63, 3.8) is 0 Å².